The third kappa shape index (κ3) is 2.56. The zero-order valence-corrected chi connectivity index (χ0v) is 10.9. The van der Waals surface area contributed by atoms with E-state index in [1.165, 1.54) is 6.07 Å². The molecule has 2 aromatic carbocycles. The summed E-state index contributed by atoms with van der Waals surface area (Å²) in [6.45, 7) is 0.398. The maximum atomic E-state index is 13.6. The van der Waals surface area contributed by atoms with Crippen LogP contribution in [0, 0.1) is 5.82 Å². The van der Waals surface area contributed by atoms with Crippen LogP contribution in [0.4, 0.5) is 4.39 Å². The predicted molar refractivity (Wildman–Crippen MR) is 75.8 cm³/mol. The molecule has 0 saturated carbocycles. The molecule has 0 aliphatic carbocycles. The van der Waals surface area contributed by atoms with Crippen LogP contribution >= 0.6 is 0 Å². The average molecular weight is 270 g/mol. The topological polar surface area (TPSA) is 38.0 Å². The number of aliphatic hydroxyl groups excluding tert-OH is 1. The summed E-state index contributed by atoms with van der Waals surface area (Å²) < 4.78 is 15.4. The Kier molecular flexibility index (Phi) is 3.48. The fourth-order valence-electron chi connectivity index (χ4n) is 2.37. The standard InChI is InChI=1S/C16H15FN2O/c17-14-6-2-1-5-12(14)9-13(20)10-19-11-18-15-7-3-4-8-16(15)19/h1-8,11,13,20H,9-10H2. The van der Waals surface area contributed by atoms with Crippen molar-refractivity contribution in [1.29, 1.82) is 0 Å². The number of hydrogen-bond donors (Lipinski definition) is 1. The van der Waals surface area contributed by atoms with Crippen LogP contribution in [0.15, 0.2) is 54.9 Å². The van der Waals surface area contributed by atoms with Gasteiger partial charge in [-0.1, -0.05) is 30.3 Å². The molecule has 0 spiro atoms. The van der Waals surface area contributed by atoms with Crippen molar-refractivity contribution < 1.29 is 9.50 Å². The second-order valence-electron chi connectivity index (χ2n) is 4.84. The number of nitrogens with zero attached hydrogens (tertiary/aromatic N) is 2. The van der Waals surface area contributed by atoms with Crippen molar-refractivity contribution in [3.8, 4) is 0 Å². The first-order valence-corrected chi connectivity index (χ1v) is 6.55. The number of imidazole rings is 1. The van der Waals surface area contributed by atoms with Crippen LogP contribution < -0.4 is 0 Å². The van der Waals surface area contributed by atoms with Crippen LogP contribution in [0.5, 0.6) is 0 Å². The van der Waals surface area contributed by atoms with Gasteiger partial charge in [0.05, 0.1) is 30.0 Å². The van der Waals surface area contributed by atoms with Gasteiger partial charge in [-0.3, -0.25) is 0 Å². The Hall–Kier alpha value is -2.20. The zero-order valence-electron chi connectivity index (χ0n) is 10.9. The summed E-state index contributed by atoms with van der Waals surface area (Å²) >= 11 is 0. The molecule has 1 N–H and O–H groups in total. The van der Waals surface area contributed by atoms with E-state index in [1.54, 1.807) is 24.5 Å². The summed E-state index contributed by atoms with van der Waals surface area (Å²) in [6, 6.07) is 14.3. The first-order valence-electron chi connectivity index (χ1n) is 6.55. The Morgan fingerprint density at radius 1 is 1.10 bits per heavy atom. The van der Waals surface area contributed by atoms with Gasteiger partial charge >= 0.3 is 0 Å². The molecule has 4 heteroatoms. The molecule has 3 nitrogen and oxygen atoms in total. The van der Waals surface area contributed by atoms with Gasteiger partial charge in [0, 0.05) is 6.42 Å². The van der Waals surface area contributed by atoms with Crippen molar-refractivity contribution in [3.05, 3.63) is 66.2 Å². The molecule has 0 amide bonds. The third-order valence-corrected chi connectivity index (χ3v) is 3.35. The molecule has 1 unspecified atom stereocenters. The van der Waals surface area contributed by atoms with Gasteiger partial charge in [-0.2, -0.15) is 0 Å². The molecule has 0 saturated heterocycles. The lowest BCUT2D eigenvalue weighted by Crippen LogP contribution is -2.18. The van der Waals surface area contributed by atoms with Gasteiger partial charge in [0.15, 0.2) is 0 Å². The number of halogens is 1. The van der Waals surface area contributed by atoms with E-state index in [-0.39, 0.29) is 5.82 Å². The smallest absolute Gasteiger partial charge is 0.126 e. The van der Waals surface area contributed by atoms with Crippen molar-refractivity contribution in [3.63, 3.8) is 0 Å². The number of aromatic nitrogens is 2. The van der Waals surface area contributed by atoms with E-state index in [2.05, 4.69) is 4.98 Å². The van der Waals surface area contributed by atoms with Gasteiger partial charge in [0.1, 0.15) is 5.82 Å². The molecule has 0 aliphatic heterocycles. The SMILES string of the molecule is OC(Cc1ccccc1F)Cn1cnc2ccccc21. The Balaban J connectivity index is 1.76. The van der Waals surface area contributed by atoms with Crippen molar-refractivity contribution in [2.45, 2.75) is 19.1 Å². The normalized spacial score (nSPS) is 12.7. The molecule has 3 aromatic rings. The fourth-order valence-corrected chi connectivity index (χ4v) is 2.37. The van der Waals surface area contributed by atoms with E-state index in [0.29, 0.717) is 18.5 Å². The molecule has 0 radical (unpaired) electrons. The van der Waals surface area contributed by atoms with Crippen molar-refractivity contribution in [2.24, 2.45) is 0 Å². The molecule has 0 bridgehead atoms. The van der Waals surface area contributed by atoms with E-state index >= 15 is 0 Å². The van der Waals surface area contributed by atoms with Gasteiger partial charge in [-0.15, -0.1) is 0 Å². The third-order valence-electron chi connectivity index (χ3n) is 3.35. The molecule has 20 heavy (non-hydrogen) atoms. The molecule has 0 fully saturated rings. The molecule has 1 atom stereocenters. The monoisotopic (exact) mass is 270 g/mol. The minimum Gasteiger partial charge on any atom is -0.391 e. The van der Waals surface area contributed by atoms with Crippen LogP contribution in [0.1, 0.15) is 5.56 Å². The second kappa shape index (κ2) is 5.43. The van der Waals surface area contributed by atoms with Gasteiger partial charge in [-0.25, -0.2) is 9.37 Å². The van der Waals surface area contributed by atoms with Gasteiger partial charge < -0.3 is 9.67 Å². The Morgan fingerprint density at radius 3 is 2.70 bits per heavy atom. The van der Waals surface area contributed by atoms with E-state index in [0.717, 1.165) is 11.0 Å². The maximum Gasteiger partial charge on any atom is 0.126 e. The summed E-state index contributed by atoms with van der Waals surface area (Å²) in [5.74, 6) is -0.276. The number of para-hydroxylation sites is 2. The average Bonchev–Trinajstić information content (AvgIpc) is 2.85. The number of aliphatic hydroxyl groups is 1. The van der Waals surface area contributed by atoms with Crippen molar-refractivity contribution in [2.75, 3.05) is 0 Å². The molecule has 1 aromatic heterocycles. The van der Waals surface area contributed by atoms with Crippen molar-refractivity contribution in [1.82, 2.24) is 9.55 Å². The van der Waals surface area contributed by atoms with Crippen LogP contribution in [-0.2, 0) is 13.0 Å². The zero-order chi connectivity index (χ0) is 13.9. The van der Waals surface area contributed by atoms with Gasteiger partial charge in [0.25, 0.3) is 0 Å². The Bertz CT molecular complexity index is 723. The van der Waals surface area contributed by atoms with Crippen molar-refractivity contribution >= 4 is 11.0 Å². The Labute approximate surface area is 116 Å². The summed E-state index contributed by atoms with van der Waals surface area (Å²) in [5, 5.41) is 10.1. The number of fused-ring (bicyclic) bond motifs is 1. The minimum absolute atomic E-state index is 0.276. The minimum atomic E-state index is -0.649. The molecule has 102 valence electrons. The highest BCUT2D eigenvalue weighted by molar-refractivity contribution is 5.74. The number of benzene rings is 2. The highest BCUT2D eigenvalue weighted by atomic mass is 19.1. The largest absolute Gasteiger partial charge is 0.391 e. The van der Waals surface area contributed by atoms with E-state index < -0.39 is 6.10 Å². The molecule has 1 heterocycles. The van der Waals surface area contributed by atoms with E-state index in [1.807, 2.05) is 28.8 Å². The summed E-state index contributed by atoms with van der Waals surface area (Å²) in [4.78, 5) is 4.27. The molecule has 0 aliphatic rings. The number of rotatable bonds is 4. The predicted octanol–water partition coefficient (Wildman–Crippen LogP) is 2.78. The highest BCUT2D eigenvalue weighted by Gasteiger charge is 2.11. The maximum absolute atomic E-state index is 13.6. The lowest BCUT2D eigenvalue weighted by atomic mass is 10.1. The highest BCUT2D eigenvalue weighted by Crippen LogP contribution is 2.14. The summed E-state index contributed by atoms with van der Waals surface area (Å²) in [7, 11) is 0. The van der Waals surface area contributed by atoms with E-state index in [9.17, 15) is 9.50 Å². The molecular weight excluding hydrogens is 255 g/mol. The summed E-state index contributed by atoms with van der Waals surface area (Å²) in [6.07, 6.45) is 1.35. The van der Waals surface area contributed by atoms with Gasteiger partial charge in [-0.05, 0) is 23.8 Å². The van der Waals surface area contributed by atoms with Crippen LogP contribution in [0.3, 0.4) is 0 Å². The van der Waals surface area contributed by atoms with Crippen LogP contribution in [-0.4, -0.2) is 20.8 Å². The Morgan fingerprint density at radius 2 is 1.85 bits per heavy atom. The lowest BCUT2D eigenvalue weighted by molar-refractivity contribution is 0.154. The molecular formula is C16H15FN2O. The van der Waals surface area contributed by atoms with Gasteiger partial charge in [0.2, 0.25) is 0 Å². The van der Waals surface area contributed by atoms with Crippen LogP contribution in [0.25, 0.3) is 11.0 Å². The number of hydrogen-bond acceptors (Lipinski definition) is 2. The molecule has 3 rings (SSSR count). The van der Waals surface area contributed by atoms with E-state index in [4.69, 9.17) is 0 Å². The first kappa shape index (κ1) is 12.8. The summed E-state index contributed by atoms with van der Waals surface area (Å²) in [5.41, 5.74) is 2.40. The lowest BCUT2D eigenvalue weighted by Gasteiger charge is -2.12. The second-order valence-corrected chi connectivity index (χ2v) is 4.84. The van der Waals surface area contributed by atoms with Crippen LogP contribution in [0.2, 0.25) is 0 Å². The first-order chi connectivity index (χ1) is 9.74. The quantitative estimate of drug-likeness (QED) is 0.791. The fraction of sp³-hybridized carbons (Fsp3) is 0.188.